The summed E-state index contributed by atoms with van der Waals surface area (Å²) in [7, 11) is 1.73. The Kier molecular flexibility index (Phi) is 4.05. The Bertz CT molecular complexity index is 340. The van der Waals surface area contributed by atoms with Gasteiger partial charge in [0.05, 0.1) is 19.0 Å². The summed E-state index contributed by atoms with van der Waals surface area (Å²) in [6.07, 6.45) is 5.64. The molecule has 0 aliphatic heterocycles. The summed E-state index contributed by atoms with van der Waals surface area (Å²) >= 11 is 0. The second-order valence-corrected chi connectivity index (χ2v) is 4.62. The highest BCUT2D eigenvalue weighted by molar-refractivity contribution is 5.31. The predicted molar refractivity (Wildman–Crippen MR) is 68.5 cm³/mol. The van der Waals surface area contributed by atoms with E-state index in [9.17, 15) is 0 Å². The molecule has 1 N–H and O–H groups in total. The van der Waals surface area contributed by atoms with Crippen molar-refractivity contribution in [3.8, 4) is 5.75 Å². The number of rotatable bonds is 5. The van der Waals surface area contributed by atoms with Gasteiger partial charge in [0.1, 0.15) is 0 Å². The van der Waals surface area contributed by atoms with E-state index in [1.165, 1.54) is 25.0 Å². The zero-order chi connectivity index (χ0) is 12.3. The summed E-state index contributed by atoms with van der Waals surface area (Å²) in [6, 6.07) is 0.580. The molecule has 96 valence electrons. The van der Waals surface area contributed by atoms with Crippen LogP contribution in [0.2, 0.25) is 0 Å². The topological polar surface area (TPSA) is 39.1 Å². The lowest BCUT2D eigenvalue weighted by molar-refractivity contribution is 0.390. The number of aromatic nitrogens is 2. The summed E-state index contributed by atoms with van der Waals surface area (Å²) in [5.74, 6) is 1.49. The van der Waals surface area contributed by atoms with Crippen LogP contribution in [-0.2, 0) is 6.54 Å². The number of hydrogen-bond donors (Lipinski definition) is 1. The molecular weight excluding hydrogens is 214 g/mol. The first-order valence-corrected chi connectivity index (χ1v) is 6.64. The first-order valence-electron chi connectivity index (χ1n) is 6.64. The van der Waals surface area contributed by atoms with E-state index in [4.69, 9.17) is 4.74 Å². The molecule has 1 aromatic rings. The Hall–Kier alpha value is -1.03. The van der Waals surface area contributed by atoms with Gasteiger partial charge in [-0.1, -0.05) is 13.3 Å². The third-order valence-electron chi connectivity index (χ3n) is 3.70. The van der Waals surface area contributed by atoms with Crippen LogP contribution in [0, 0.1) is 0 Å². The third-order valence-corrected chi connectivity index (χ3v) is 3.70. The number of hydrogen-bond acceptors (Lipinski definition) is 3. The molecule has 0 amide bonds. The van der Waals surface area contributed by atoms with Crippen LogP contribution >= 0.6 is 0 Å². The lowest BCUT2D eigenvalue weighted by Gasteiger charge is -2.22. The van der Waals surface area contributed by atoms with Crippen molar-refractivity contribution in [2.45, 2.75) is 51.6 Å². The van der Waals surface area contributed by atoms with Crippen molar-refractivity contribution in [1.29, 1.82) is 0 Å². The van der Waals surface area contributed by atoms with Crippen molar-refractivity contribution in [3.05, 3.63) is 11.9 Å². The summed E-state index contributed by atoms with van der Waals surface area (Å²) in [5, 5.41) is 8.00. The smallest absolute Gasteiger partial charge is 0.160 e. The summed E-state index contributed by atoms with van der Waals surface area (Å²) in [5.41, 5.74) is 1.28. The lowest BCUT2D eigenvalue weighted by Crippen LogP contribution is -2.32. The molecule has 0 bridgehead atoms. The van der Waals surface area contributed by atoms with Crippen LogP contribution in [0.15, 0.2) is 6.20 Å². The standard InChI is InChI=1S/C13H23N3O/c1-4-14-11-8-6-7-10(11)13-12(17-3)9-15-16(13)5-2/h9-11,14H,4-8H2,1-3H3. The number of nitrogens with one attached hydrogen (secondary N) is 1. The number of nitrogens with zero attached hydrogens (tertiary/aromatic N) is 2. The Morgan fingerprint density at radius 2 is 2.29 bits per heavy atom. The summed E-state index contributed by atoms with van der Waals surface area (Å²) < 4.78 is 7.54. The van der Waals surface area contributed by atoms with Gasteiger partial charge in [-0.3, -0.25) is 4.68 Å². The zero-order valence-electron chi connectivity index (χ0n) is 11.1. The van der Waals surface area contributed by atoms with Gasteiger partial charge in [-0.05, 0) is 26.3 Å². The molecule has 17 heavy (non-hydrogen) atoms. The maximum Gasteiger partial charge on any atom is 0.160 e. The maximum absolute atomic E-state index is 5.46. The molecule has 2 unspecified atom stereocenters. The third kappa shape index (κ3) is 2.32. The Balaban J connectivity index is 2.27. The highest BCUT2D eigenvalue weighted by Crippen LogP contribution is 2.38. The first kappa shape index (κ1) is 12.4. The number of methoxy groups -OCH3 is 1. The van der Waals surface area contributed by atoms with Crippen LogP contribution in [0.1, 0.15) is 44.7 Å². The monoisotopic (exact) mass is 237 g/mol. The molecule has 0 spiro atoms. The second-order valence-electron chi connectivity index (χ2n) is 4.62. The van der Waals surface area contributed by atoms with Gasteiger partial charge in [0, 0.05) is 18.5 Å². The quantitative estimate of drug-likeness (QED) is 0.853. The lowest BCUT2D eigenvalue weighted by atomic mass is 9.98. The first-order chi connectivity index (χ1) is 8.31. The van der Waals surface area contributed by atoms with Gasteiger partial charge in [0.25, 0.3) is 0 Å². The second kappa shape index (κ2) is 5.54. The fourth-order valence-electron chi connectivity index (χ4n) is 2.95. The van der Waals surface area contributed by atoms with Crippen LogP contribution in [0.5, 0.6) is 5.75 Å². The van der Waals surface area contributed by atoms with Gasteiger partial charge in [0.15, 0.2) is 5.75 Å². The molecule has 1 aliphatic rings. The van der Waals surface area contributed by atoms with Crippen LogP contribution in [-0.4, -0.2) is 29.5 Å². The minimum Gasteiger partial charge on any atom is -0.493 e. The number of ether oxygens (including phenoxy) is 1. The molecule has 2 rings (SSSR count). The number of aryl methyl sites for hydroxylation is 1. The largest absolute Gasteiger partial charge is 0.493 e. The van der Waals surface area contributed by atoms with Crippen molar-refractivity contribution in [3.63, 3.8) is 0 Å². The SMILES string of the molecule is CCNC1CCCC1c1c(OC)cnn1CC. The van der Waals surface area contributed by atoms with Crippen LogP contribution in [0.4, 0.5) is 0 Å². The van der Waals surface area contributed by atoms with Gasteiger partial charge in [-0.25, -0.2) is 0 Å². The van der Waals surface area contributed by atoms with Gasteiger partial charge in [0.2, 0.25) is 0 Å². The average molecular weight is 237 g/mol. The maximum atomic E-state index is 5.46. The molecular formula is C13H23N3O. The molecule has 4 nitrogen and oxygen atoms in total. The van der Waals surface area contributed by atoms with E-state index >= 15 is 0 Å². The molecule has 1 fully saturated rings. The minimum absolute atomic E-state index is 0.548. The molecule has 0 radical (unpaired) electrons. The zero-order valence-corrected chi connectivity index (χ0v) is 11.1. The highest BCUT2D eigenvalue weighted by Gasteiger charge is 2.32. The van der Waals surface area contributed by atoms with E-state index in [0.717, 1.165) is 18.8 Å². The summed E-state index contributed by atoms with van der Waals surface area (Å²) in [6.45, 7) is 6.24. The van der Waals surface area contributed by atoms with Gasteiger partial charge in [-0.15, -0.1) is 0 Å². The van der Waals surface area contributed by atoms with Crippen molar-refractivity contribution < 1.29 is 4.74 Å². The normalized spacial score (nSPS) is 24.2. The van der Waals surface area contributed by atoms with Crippen molar-refractivity contribution in [1.82, 2.24) is 15.1 Å². The molecule has 1 saturated carbocycles. The van der Waals surface area contributed by atoms with Gasteiger partial charge < -0.3 is 10.1 Å². The molecule has 1 heterocycles. The minimum atomic E-state index is 0.548. The predicted octanol–water partition coefficient (Wildman–Crippen LogP) is 2.16. The average Bonchev–Trinajstić information content (AvgIpc) is 2.94. The Morgan fingerprint density at radius 3 is 2.94 bits per heavy atom. The van der Waals surface area contributed by atoms with Crippen LogP contribution < -0.4 is 10.1 Å². The Labute approximate surface area is 103 Å². The number of likely N-dealkylation sites (N-methyl/N-ethyl adjacent to an activating group) is 1. The summed E-state index contributed by atoms with van der Waals surface area (Å²) in [4.78, 5) is 0. The van der Waals surface area contributed by atoms with Crippen LogP contribution in [0.25, 0.3) is 0 Å². The van der Waals surface area contributed by atoms with Crippen molar-refractivity contribution in [2.24, 2.45) is 0 Å². The fourth-order valence-corrected chi connectivity index (χ4v) is 2.95. The van der Waals surface area contributed by atoms with Crippen molar-refractivity contribution in [2.75, 3.05) is 13.7 Å². The van der Waals surface area contributed by atoms with Crippen molar-refractivity contribution >= 4 is 0 Å². The highest BCUT2D eigenvalue weighted by atomic mass is 16.5. The molecule has 0 aromatic carbocycles. The molecule has 1 aromatic heterocycles. The van der Waals surface area contributed by atoms with Crippen LogP contribution in [0.3, 0.4) is 0 Å². The molecule has 2 atom stereocenters. The fraction of sp³-hybridized carbons (Fsp3) is 0.769. The van der Waals surface area contributed by atoms with E-state index in [1.807, 2.05) is 6.20 Å². The van der Waals surface area contributed by atoms with E-state index in [1.54, 1.807) is 7.11 Å². The van der Waals surface area contributed by atoms with E-state index in [-0.39, 0.29) is 0 Å². The van der Waals surface area contributed by atoms with E-state index in [0.29, 0.717) is 12.0 Å². The van der Waals surface area contributed by atoms with E-state index in [2.05, 4.69) is 28.9 Å². The molecule has 4 heteroatoms. The van der Waals surface area contributed by atoms with Gasteiger partial charge in [-0.2, -0.15) is 5.10 Å². The molecule has 0 saturated heterocycles. The van der Waals surface area contributed by atoms with E-state index < -0.39 is 0 Å². The van der Waals surface area contributed by atoms with Gasteiger partial charge >= 0.3 is 0 Å². The molecule has 1 aliphatic carbocycles. The Morgan fingerprint density at radius 1 is 1.47 bits per heavy atom.